The molecule has 0 saturated carbocycles. The summed E-state index contributed by atoms with van der Waals surface area (Å²) in [7, 11) is 1.33. The van der Waals surface area contributed by atoms with Gasteiger partial charge in [-0.1, -0.05) is 36.4 Å². The number of aromatic amines is 1. The minimum atomic E-state index is -0.462. The maximum Gasteiger partial charge on any atom is 0.337 e. The van der Waals surface area contributed by atoms with Crippen LogP contribution >= 0.6 is 0 Å². The molecule has 3 heterocycles. The maximum atomic E-state index is 12.9. The van der Waals surface area contributed by atoms with Gasteiger partial charge in [0.1, 0.15) is 5.76 Å². The zero-order valence-corrected chi connectivity index (χ0v) is 21.0. The number of ether oxygens (including phenoxy) is 1. The first-order valence-electron chi connectivity index (χ1n) is 12.4. The fraction of sp³-hybridized carbons (Fsp3) is 0.133. The van der Waals surface area contributed by atoms with Gasteiger partial charge in [0.25, 0.3) is 0 Å². The largest absolute Gasteiger partial charge is 0.494 e. The van der Waals surface area contributed by atoms with Gasteiger partial charge >= 0.3 is 5.97 Å². The van der Waals surface area contributed by atoms with E-state index >= 15 is 0 Å². The van der Waals surface area contributed by atoms with E-state index in [9.17, 15) is 14.7 Å². The van der Waals surface area contributed by atoms with Crippen molar-refractivity contribution < 1.29 is 23.8 Å². The van der Waals surface area contributed by atoms with Crippen molar-refractivity contribution in [2.45, 2.75) is 12.8 Å². The standard InChI is InChI=1S/C30H24N4O5/c1-38-30(37)20-7-9-23-24(14-20)33-29(36)27(23)28(18-5-3-2-4-6-18)32-21-8-10-25-19(13-21)11-12-34(25)26(35)15-22-16-31-17-39-22/h2-10,13-14,16-17,33,36H,11-12,15H2,1H3. The number of nitrogens with one attached hydrogen (secondary N) is 1. The zero-order valence-electron chi connectivity index (χ0n) is 21.0. The summed E-state index contributed by atoms with van der Waals surface area (Å²) in [6, 6.07) is 20.4. The highest BCUT2D eigenvalue weighted by molar-refractivity contribution is 6.22. The molecule has 1 amide bonds. The second-order valence-corrected chi connectivity index (χ2v) is 9.18. The lowest BCUT2D eigenvalue weighted by molar-refractivity contribution is -0.118. The molecule has 0 bridgehead atoms. The highest BCUT2D eigenvalue weighted by Crippen LogP contribution is 2.35. The summed E-state index contributed by atoms with van der Waals surface area (Å²) < 4.78 is 10.1. The Hall–Kier alpha value is -5.18. The van der Waals surface area contributed by atoms with Crippen LogP contribution in [0.5, 0.6) is 5.88 Å². The van der Waals surface area contributed by atoms with E-state index in [0.717, 1.165) is 16.8 Å². The number of aliphatic imine (C=N–C) groups is 1. The molecule has 0 aliphatic carbocycles. The van der Waals surface area contributed by atoms with Crippen molar-refractivity contribution in [3.8, 4) is 5.88 Å². The van der Waals surface area contributed by atoms with Gasteiger partial charge in [0.05, 0.1) is 42.3 Å². The van der Waals surface area contributed by atoms with Crippen LogP contribution in [0.15, 0.2) is 88.7 Å². The molecule has 0 fully saturated rings. The summed E-state index contributed by atoms with van der Waals surface area (Å²) in [6.07, 6.45) is 3.72. The van der Waals surface area contributed by atoms with E-state index in [2.05, 4.69) is 9.97 Å². The van der Waals surface area contributed by atoms with E-state index in [0.29, 0.717) is 52.2 Å². The average Bonchev–Trinajstić information content (AvgIpc) is 3.69. The first kappa shape index (κ1) is 24.2. The topological polar surface area (TPSA) is 121 Å². The van der Waals surface area contributed by atoms with Crippen LogP contribution < -0.4 is 4.90 Å². The van der Waals surface area contributed by atoms with Gasteiger partial charge in [-0.05, 0) is 42.3 Å². The number of amides is 1. The Labute approximate surface area is 223 Å². The lowest BCUT2D eigenvalue weighted by Gasteiger charge is -2.16. The van der Waals surface area contributed by atoms with Crippen molar-refractivity contribution in [2.24, 2.45) is 4.99 Å². The lowest BCUT2D eigenvalue weighted by Crippen LogP contribution is -2.30. The van der Waals surface area contributed by atoms with Gasteiger partial charge < -0.3 is 24.1 Å². The molecular formula is C30H24N4O5. The second-order valence-electron chi connectivity index (χ2n) is 9.18. The Kier molecular flexibility index (Phi) is 6.16. The summed E-state index contributed by atoms with van der Waals surface area (Å²) in [5, 5.41) is 11.7. The summed E-state index contributed by atoms with van der Waals surface area (Å²) in [6.45, 7) is 0.576. The number of esters is 1. The van der Waals surface area contributed by atoms with Crippen LogP contribution in [0.2, 0.25) is 0 Å². The fourth-order valence-electron chi connectivity index (χ4n) is 4.95. The van der Waals surface area contributed by atoms with Gasteiger partial charge in [-0.25, -0.2) is 14.8 Å². The molecule has 2 N–H and O–H groups in total. The molecule has 0 radical (unpaired) electrons. The first-order valence-corrected chi connectivity index (χ1v) is 12.4. The minimum absolute atomic E-state index is 0.0539. The molecular weight excluding hydrogens is 496 g/mol. The Bertz CT molecular complexity index is 1720. The van der Waals surface area contributed by atoms with Crippen LogP contribution in [0.1, 0.15) is 32.8 Å². The van der Waals surface area contributed by atoms with E-state index < -0.39 is 5.97 Å². The van der Waals surface area contributed by atoms with E-state index in [4.69, 9.17) is 14.1 Å². The number of anilines is 1. The van der Waals surface area contributed by atoms with Gasteiger partial charge in [-0.15, -0.1) is 0 Å². The van der Waals surface area contributed by atoms with Crippen LogP contribution in [0.4, 0.5) is 11.4 Å². The van der Waals surface area contributed by atoms with E-state index in [-0.39, 0.29) is 18.2 Å². The van der Waals surface area contributed by atoms with Crippen LogP contribution in [0, 0.1) is 0 Å². The highest BCUT2D eigenvalue weighted by atomic mass is 16.5. The Morgan fingerprint density at radius 3 is 2.72 bits per heavy atom. The molecule has 9 heteroatoms. The molecule has 0 saturated heterocycles. The van der Waals surface area contributed by atoms with E-state index in [1.807, 2.05) is 48.5 Å². The van der Waals surface area contributed by atoms with Crippen LogP contribution in [0.25, 0.3) is 10.9 Å². The number of carbonyl (C=O) groups is 2. The molecule has 0 spiro atoms. The fourth-order valence-corrected chi connectivity index (χ4v) is 4.95. The molecule has 5 aromatic rings. The normalized spacial score (nSPS) is 13.1. The number of H-pyrrole nitrogens is 1. The van der Waals surface area contributed by atoms with E-state index in [1.165, 1.54) is 13.5 Å². The number of fused-ring (bicyclic) bond motifs is 2. The number of hydrogen-bond acceptors (Lipinski definition) is 7. The number of aromatic hydroxyl groups is 1. The molecule has 194 valence electrons. The van der Waals surface area contributed by atoms with Gasteiger partial charge in [-0.2, -0.15) is 0 Å². The third-order valence-electron chi connectivity index (χ3n) is 6.79. The number of benzene rings is 3. The van der Waals surface area contributed by atoms with Crippen LogP contribution in [0.3, 0.4) is 0 Å². The number of nitrogens with zero attached hydrogens (tertiary/aromatic N) is 3. The molecule has 1 aliphatic rings. The molecule has 39 heavy (non-hydrogen) atoms. The van der Waals surface area contributed by atoms with Crippen LogP contribution in [-0.2, 0) is 22.4 Å². The van der Waals surface area contributed by atoms with Gasteiger partial charge in [0, 0.05) is 28.7 Å². The third kappa shape index (κ3) is 4.54. The smallest absolute Gasteiger partial charge is 0.337 e. The third-order valence-corrected chi connectivity index (χ3v) is 6.79. The van der Waals surface area contributed by atoms with Crippen molar-refractivity contribution in [3.05, 3.63) is 107 Å². The van der Waals surface area contributed by atoms with Crippen molar-refractivity contribution >= 4 is 39.9 Å². The summed E-state index contributed by atoms with van der Waals surface area (Å²) in [5.41, 5.74) is 5.43. The molecule has 9 nitrogen and oxygen atoms in total. The lowest BCUT2D eigenvalue weighted by atomic mass is 10.00. The predicted octanol–water partition coefficient (Wildman–Crippen LogP) is 4.95. The van der Waals surface area contributed by atoms with E-state index in [1.54, 1.807) is 29.3 Å². The summed E-state index contributed by atoms with van der Waals surface area (Å²) in [4.78, 5) is 38.5. The molecule has 0 atom stereocenters. The van der Waals surface area contributed by atoms with Gasteiger partial charge in [-0.3, -0.25) is 4.79 Å². The molecule has 6 rings (SSSR count). The molecule has 0 unspecified atom stereocenters. The number of aromatic nitrogens is 2. The summed E-state index contributed by atoms with van der Waals surface area (Å²) in [5.74, 6) is -0.0443. The first-order chi connectivity index (χ1) is 19.0. The number of methoxy groups -OCH3 is 1. The number of carbonyl (C=O) groups excluding carboxylic acids is 2. The highest BCUT2D eigenvalue weighted by Gasteiger charge is 2.26. The second kappa shape index (κ2) is 9.94. The average molecular weight is 521 g/mol. The van der Waals surface area contributed by atoms with Crippen molar-refractivity contribution in [2.75, 3.05) is 18.6 Å². The van der Waals surface area contributed by atoms with Crippen molar-refractivity contribution in [1.82, 2.24) is 9.97 Å². The quantitative estimate of drug-likeness (QED) is 0.241. The Morgan fingerprint density at radius 2 is 1.95 bits per heavy atom. The number of rotatable bonds is 6. The minimum Gasteiger partial charge on any atom is -0.494 e. The zero-order chi connectivity index (χ0) is 26.9. The van der Waals surface area contributed by atoms with Gasteiger partial charge in [0.2, 0.25) is 5.91 Å². The predicted molar refractivity (Wildman–Crippen MR) is 146 cm³/mol. The van der Waals surface area contributed by atoms with Gasteiger partial charge in [0.15, 0.2) is 12.3 Å². The maximum absolute atomic E-state index is 12.9. The molecule has 1 aliphatic heterocycles. The van der Waals surface area contributed by atoms with Crippen molar-refractivity contribution in [1.29, 1.82) is 0 Å². The number of hydrogen-bond donors (Lipinski definition) is 2. The molecule has 3 aromatic carbocycles. The van der Waals surface area contributed by atoms with Crippen molar-refractivity contribution in [3.63, 3.8) is 0 Å². The Morgan fingerprint density at radius 1 is 1.10 bits per heavy atom. The number of oxazole rings is 1. The molecule has 2 aromatic heterocycles. The Balaban J connectivity index is 1.40. The SMILES string of the molecule is COC(=O)c1ccc2c(C(=Nc3ccc4c(c3)CCN4C(=O)Cc3cnco3)c3ccccc3)c(O)[nH]c2c1. The monoisotopic (exact) mass is 520 g/mol. The summed E-state index contributed by atoms with van der Waals surface area (Å²) >= 11 is 0. The van der Waals surface area contributed by atoms with Crippen LogP contribution in [-0.4, -0.2) is 46.3 Å².